The quantitative estimate of drug-likeness (QED) is 0.166. The Hall–Kier alpha value is -4.28. The molecule has 10 heteroatoms. The van der Waals surface area contributed by atoms with Gasteiger partial charge in [0.15, 0.2) is 0 Å². The summed E-state index contributed by atoms with van der Waals surface area (Å²) in [7, 11) is 1.58. The van der Waals surface area contributed by atoms with E-state index in [0.29, 0.717) is 49.7 Å². The molecule has 3 aromatic rings. The van der Waals surface area contributed by atoms with Crippen molar-refractivity contribution >= 4 is 33.9 Å². The van der Waals surface area contributed by atoms with Gasteiger partial charge in [0.25, 0.3) is 17.4 Å². The summed E-state index contributed by atoms with van der Waals surface area (Å²) >= 11 is 0. The summed E-state index contributed by atoms with van der Waals surface area (Å²) in [5.41, 5.74) is 0.743. The number of ether oxygens (including phenoxy) is 2. The zero-order valence-corrected chi connectivity index (χ0v) is 20.8. The van der Waals surface area contributed by atoms with E-state index in [9.17, 15) is 24.8 Å². The number of non-ortho nitro benzene ring substituents is 1. The summed E-state index contributed by atoms with van der Waals surface area (Å²) in [6.07, 6.45) is 0. The van der Waals surface area contributed by atoms with Crippen molar-refractivity contribution in [2.24, 2.45) is 0 Å². The first-order chi connectivity index (χ1) is 18.4. The van der Waals surface area contributed by atoms with Crippen molar-refractivity contribution in [3.8, 4) is 5.75 Å². The Labute approximate surface area is 218 Å². The van der Waals surface area contributed by atoms with Crippen molar-refractivity contribution in [3.63, 3.8) is 0 Å². The largest absolute Gasteiger partial charge is 0.507 e. The zero-order chi connectivity index (χ0) is 26.8. The number of rotatable bonds is 7. The highest BCUT2D eigenvalue weighted by Crippen LogP contribution is 2.40. The number of Topliss-reactive ketones (excluding diaryl/α,β-unsaturated/α-hetero) is 1. The van der Waals surface area contributed by atoms with Crippen molar-refractivity contribution in [2.45, 2.75) is 6.04 Å². The Morgan fingerprint density at radius 3 is 2.39 bits per heavy atom. The Bertz CT molecular complexity index is 1430. The topological polar surface area (TPSA) is 122 Å². The third-order valence-electron chi connectivity index (χ3n) is 7.04. The van der Waals surface area contributed by atoms with Crippen molar-refractivity contribution < 1.29 is 29.1 Å². The number of morpholine rings is 1. The van der Waals surface area contributed by atoms with Crippen molar-refractivity contribution in [2.75, 3.05) is 46.5 Å². The molecule has 1 atom stereocenters. The molecule has 3 aromatic carbocycles. The van der Waals surface area contributed by atoms with Crippen LogP contribution in [0.25, 0.3) is 16.5 Å². The van der Waals surface area contributed by atoms with Gasteiger partial charge in [-0.1, -0.05) is 18.2 Å². The van der Waals surface area contributed by atoms with Crippen molar-refractivity contribution in [1.82, 2.24) is 9.80 Å². The predicted molar refractivity (Wildman–Crippen MR) is 140 cm³/mol. The summed E-state index contributed by atoms with van der Waals surface area (Å²) in [6.45, 7) is 3.40. The molecule has 0 aliphatic carbocycles. The van der Waals surface area contributed by atoms with Gasteiger partial charge in [-0.3, -0.25) is 24.6 Å². The molecular weight excluding hydrogens is 490 g/mol. The Kier molecular flexibility index (Phi) is 7.08. The SMILES string of the molecule is COc1ccc2cc(/C(O)=C3\C(=O)C(=O)N(CCN4CCOCC4)C3c3ccc([N+](=O)[O-])cc3)ccc2c1. The second-order valence-corrected chi connectivity index (χ2v) is 9.22. The Balaban J connectivity index is 1.56. The highest BCUT2D eigenvalue weighted by Gasteiger charge is 2.46. The number of nitro groups is 1. The monoisotopic (exact) mass is 517 g/mol. The Morgan fingerprint density at radius 1 is 1.03 bits per heavy atom. The van der Waals surface area contributed by atoms with Gasteiger partial charge in [-0.25, -0.2) is 0 Å². The number of hydrogen-bond donors (Lipinski definition) is 1. The van der Waals surface area contributed by atoms with Crippen molar-refractivity contribution in [1.29, 1.82) is 0 Å². The average Bonchev–Trinajstić information content (AvgIpc) is 3.20. The van der Waals surface area contributed by atoms with E-state index in [1.54, 1.807) is 25.3 Å². The number of nitro benzene ring substituents is 1. The molecule has 0 aromatic heterocycles. The maximum atomic E-state index is 13.3. The summed E-state index contributed by atoms with van der Waals surface area (Å²) in [5.74, 6) is -1.10. The van der Waals surface area contributed by atoms with Crippen LogP contribution in [0, 0.1) is 10.1 Å². The number of carbonyl (C=O) groups is 2. The normalized spacial score (nSPS) is 19.7. The van der Waals surface area contributed by atoms with E-state index in [2.05, 4.69) is 4.90 Å². The number of aliphatic hydroxyl groups is 1. The van der Waals surface area contributed by atoms with Crippen LogP contribution in [0.15, 0.2) is 66.2 Å². The van der Waals surface area contributed by atoms with Crippen LogP contribution in [0.5, 0.6) is 5.75 Å². The van der Waals surface area contributed by atoms with E-state index in [4.69, 9.17) is 9.47 Å². The first-order valence-electron chi connectivity index (χ1n) is 12.3. The van der Waals surface area contributed by atoms with E-state index < -0.39 is 22.7 Å². The van der Waals surface area contributed by atoms with Crippen LogP contribution in [0.3, 0.4) is 0 Å². The molecule has 1 amide bonds. The molecule has 2 heterocycles. The molecule has 5 rings (SSSR count). The number of carbonyl (C=O) groups excluding carboxylic acids is 2. The van der Waals surface area contributed by atoms with Gasteiger partial charge in [0.2, 0.25) is 0 Å². The maximum Gasteiger partial charge on any atom is 0.295 e. The molecule has 2 aliphatic rings. The van der Waals surface area contributed by atoms with Gasteiger partial charge in [-0.15, -0.1) is 0 Å². The predicted octanol–water partition coefficient (Wildman–Crippen LogP) is 3.51. The number of nitrogens with zero attached hydrogens (tertiary/aromatic N) is 3. The molecule has 196 valence electrons. The van der Waals surface area contributed by atoms with Crippen LogP contribution in [0.4, 0.5) is 5.69 Å². The van der Waals surface area contributed by atoms with E-state index in [-0.39, 0.29) is 23.6 Å². The first kappa shape index (κ1) is 25.4. The molecular formula is C28H27N3O7. The van der Waals surface area contributed by atoms with Crippen molar-refractivity contribution in [3.05, 3.63) is 87.5 Å². The fraction of sp³-hybridized carbons (Fsp3) is 0.286. The highest BCUT2D eigenvalue weighted by atomic mass is 16.6. The minimum atomic E-state index is -0.886. The molecule has 0 radical (unpaired) electrons. The van der Waals surface area contributed by atoms with E-state index in [0.717, 1.165) is 10.8 Å². The van der Waals surface area contributed by atoms with Gasteiger partial charge in [0, 0.05) is 43.9 Å². The smallest absolute Gasteiger partial charge is 0.295 e. The molecule has 2 saturated heterocycles. The molecule has 1 N–H and O–H groups in total. The minimum absolute atomic E-state index is 0.0429. The lowest BCUT2D eigenvalue weighted by Crippen LogP contribution is -2.42. The maximum absolute atomic E-state index is 13.3. The molecule has 0 spiro atoms. The number of benzene rings is 3. The van der Waals surface area contributed by atoms with Gasteiger partial charge in [-0.05, 0) is 46.7 Å². The number of aliphatic hydroxyl groups excluding tert-OH is 1. The van der Waals surface area contributed by atoms with Gasteiger partial charge in [0.1, 0.15) is 11.5 Å². The lowest BCUT2D eigenvalue weighted by molar-refractivity contribution is -0.384. The van der Waals surface area contributed by atoms with Gasteiger partial charge in [0.05, 0.1) is 36.9 Å². The van der Waals surface area contributed by atoms with Gasteiger partial charge in [-0.2, -0.15) is 0 Å². The molecule has 38 heavy (non-hydrogen) atoms. The Morgan fingerprint density at radius 2 is 1.71 bits per heavy atom. The van der Waals surface area contributed by atoms with Crippen LogP contribution in [-0.4, -0.2) is 78.0 Å². The van der Waals surface area contributed by atoms with Gasteiger partial charge >= 0.3 is 0 Å². The lowest BCUT2D eigenvalue weighted by Gasteiger charge is -2.31. The van der Waals surface area contributed by atoms with Gasteiger partial charge < -0.3 is 19.5 Å². The number of ketones is 1. The van der Waals surface area contributed by atoms with E-state index in [1.807, 2.05) is 18.2 Å². The third-order valence-corrected chi connectivity index (χ3v) is 7.04. The minimum Gasteiger partial charge on any atom is -0.507 e. The number of fused-ring (bicyclic) bond motifs is 1. The molecule has 10 nitrogen and oxygen atoms in total. The van der Waals surface area contributed by atoms with Crippen LogP contribution < -0.4 is 4.74 Å². The van der Waals surface area contributed by atoms with Crippen LogP contribution >= 0.6 is 0 Å². The second-order valence-electron chi connectivity index (χ2n) is 9.22. The summed E-state index contributed by atoms with van der Waals surface area (Å²) in [5, 5.41) is 24.3. The fourth-order valence-electron chi connectivity index (χ4n) is 4.96. The third kappa shape index (κ3) is 4.83. The number of amides is 1. The summed E-state index contributed by atoms with van der Waals surface area (Å²) < 4.78 is 10.7. The number of methoxy groups -OCH3 is 1. The van der Waals surface area contributed by atoms with E-state index >= 15 is 0 Å². The first-order valence-corrected chi connectivity index (χ1v) is 12.3. The molecule has 2 fully saturated rings. The molecule has 1 unspecified atom stereocenters. The summed E-state index contributed by atoms with van der Waals surface area (Å²) in [6, 6.07) is 15.6. The zero-order valence-electron chi connectivity index (χ0n) is 20.8. The number of likely N-dealkylation sites (tertiary alicyclic amines) is 1. The standard InChI is InChI=1S/C28H27N3O7/c1-37-23-9-6-19-16-21(3-2-20(19)17-23)26(32)24-25(18-4-7-22(8-5-18)31(35)36)30(28(34)27(24)33)11-10-29-12-14-38-15-13-29/h2-9,16-17,25,32H,10-15H2,1H3/b26-24+. The number of hydrogen-bond acceptors (Lipinski definition) is 8. The van der Waals surface area contributed by atoms with Crippen LogP contribution in [0.2, 0.25) is 0 Å². The van der Waals surface area contributed by atoms with Crippen LogP contribution in [-0.2, 0) is 14.3 Å². The molecule has 2 aliphatic heterocycles. The average molecular weight is 518 g/mol. The summed E-state index contributed by atoms with van der Waals surface area (Å²) in [4.78, 5) is 40.8. The lowest BCUT2D eigenvalue weighted by atomic mass is 9.94. The fourth-order valence-corrected chi connectivity index (χ4v) is 4.96. The van der Waals surface area contributed by atoms with Crippen LogP contribution in [0.1, 0.15) is 17.2 Å². The molecule has 0 bridgehead atoms. The molecule has 0 saturated carbocycles. The van der Waals surface area contributed by atoms with E-state index in [1.165, 1.54) is 29.2 Å². The second kappa shape index (κ2) is 10.6. The highest BCUT2D eigenvalue weighted by molar-refractivity contribution is 6.46.